The lowest BCUT2D eigenvalue weighted by Gasteiger charge is -2.40. The Morgan fingerprint density at radius 1 is 1.19 bits per heavy atom. The molecule has 2 aromatic rings. The average Bonchev–Trinajstić information content (AvgIpc) is 3.25. The van der Waals surface area contributed by atoms with Crippen LogP contribution in [0.2, 0.25) is 0 Å². The van der Waals surface area contributed by atoms with Gasteiger partial charge < -0.3 is 15.1 Å². The van der Waals surface area contributed by atoms with E-state index in [4.69, 9.17) is 10.2 Å². The van der Waals surface area contributed by atoms with Gasteiger partial charge in [0.1, 0.15) is 0 Å². The van der Waals surface area contributed by atoms with Crippen LogP contribution in [0, 0.1) is 29.6 Å². The maximum atomic E-state index is 11.5. The lowest BCUT2D eigenvalue weighted by Crippen LogP contribution is -2.43. The van der Waals surface area contributed by atoms with Crippen LogP contribution in [-0.2, 0) is 11.2 Å². The molecule has 1 aromatic heterocycles. The number of primary amides is 1. The fraction of sp³-hybridized carbons (Fsp3) is 0.577. The van der Waals surface area contributed by atoms with Crippen molar-refractivity contribution < 1.29 is 9.21 Å². The standard InChI is InChI=1S/C26H36N4O2/c1-17(2)23-14-21(15-24-28-29-26(32-24)20-7-5-4-6-8-20)18(3)13-22(23)16-30-11-9-19(10-12-30)25(27)31/h4-8,13,17,19,21-23H,9-12,14-16H2,1-3H3,(H2,27,31). The number of benzene rings is 1. The number of hydrogen-bond acceptors (Lipinski definition) is 5. The number of rotatable bonds is 7. The predicted molar refractivity (Wildman–Crippen MR) is 125 cm³/mol. The van der Waals surface area contributed by atoms with Crippen LogP contribution >= 0.6 is 0 Å². The Hall–Kier alpha value is -2.47. The van der Waals surface area contributed by atoms with Gasteiger partial charge in [0.25, 0.3) is 0 Å². The first-order valence-corrected chi connectivity index (χ1v) is 12.0. The van der Waals surface area contributed by atoms with E-state index in [0.29, 0.717) is 29.6 Å². The summed E-state index contributed by atoms with van der Waals surface area (Å²) in [5.74, 6) is 3.42. The molecule has 2 heterocycles. The van der Waals surface area contributed by atoms with E-state index in [1.807, 2.05) is 30.3 Å². The smallest absolute Gasteiger partial charge is 0.247 e. The largest absolute Gasteiger partial charge is 0.421 e. The first kappa shape index (κ1) is 22.7. The number of allylic oxidation sites excluding steroid dienone is 1. The topological polar surface area (TPSA) is 85.2 Å². The summed E-state index contributed by atoms with van der Waals surface area (Å²) in [5, 5.41) is 8.60. The molecule has 6 heteroatoms. The Morgan fingerprint density at radius 3 is 2.56 bits per heavy atom. The van der Waals surface area contributed by atoms with Gasteiger partial charge in [-0.05, 0) is 75.1 Å². The molecule has 1 amide bonds. The zero-order valence-corrected chi connectivity index (χ0v) is 19.5. The average molecular weight is 437 g/mol. The van der Waals surface area contributed by atoms with E-state index in [1.165, 1.54) is 5.57 Å². The molecule has 1 saturated heterocycles. The van der Waals surface area contributed by atoms with E-state index >= 15 is 0 Å². The van der Waals surface area contributed by atoms with Crippen LogP contribution in [0.15, 0.2) is 46.4 Å². The molecule has 1 fully saturated rings. The molecule has 6 nitrogen and oxygen atoms in total. The van der Waals surface area contributed by atoms with Gasteiger partial charge in [0, 0.05) is 24.4 Å². The number of aromatic nitrogens is 2. The summed E-state index contributed by atoms with van der Waals surface area (Å²) in [6, 6.07) is 9.94. The second-order valence-corrected chi connectivity index (χ2v) is 9.96. The highest BCUT2D eigenvalue weighted by Gasteiger charge is 2.34. The molecule has 3 atom stereocenters. The van der Waals surface area contributed by atoms with Crippen LogP contribution in [0.5, 0.6) is 0 Å². The molecule has 0 spiro atoms. The third-order valence-corrected chi connectivity index (χ3v) is 7.45. The number of nitrogens with two attached hydrogens (primary N) is 1. The fourth-order valence-corrected chi connectivity index (χ4v) is 5.43. The van der Waals surface area contributed by atoms with Crippen molar-refractivity contribution in [3.8, 4) is 11.5 Å². The van der Waals surface area contributed by atoms with Crippen molar-refractivity contribution in [3.05, 3.63) is 47.9 Å². The monoisotopic (exact) mass is 436 g/mol. The molecule has 0 saturated carbocycles. The van der Waals surface area contributed by atoms with Crippen LogP contribution in [0.25, 0.3) is 11.5 Å². The van der Waals surface area contributed by atoms with Crippen molar-refractivity contribution in [2.75, 3.05) is 19.6 Å². The summed E-state index contributed by atoms with van der Waals surface area (Å²) < 4.78 is 6.00. The number of likely N-dealkylation sites (tertiary alicyclic amines) is 1. The van der Waals surface area contributed by atoms with Crippen molar-refractivity contribution in [2.24, 2.45) is 35.3 Å². The molecular weight excluding hydrogens is 400 g/mol. The van der Waals surface area contributed by atoms with Gasteiger partial charge in [0.05, 0.1) is 0 Å². The third kappa shape index (κ3) is 5.29. The number of hydrogen-bond donors (Lipinski definition) is 1. The van der Waals surface area contributed by atoms with E-state index in [-0.39, 0.29) is 11.8 Å². The molecule has 0 bridgehead atoms. The number of amides is 1. The minimum absolute atomic E-state index is 0.0512. The van der Waals surface area contributed by atoms with Crippen molar-refractivity contribution in [1.82, 2.24) is 15.1 Å². The lowest BCUT2D eigenvalue weighted by molar-refractivity contribution is -0.123. The molecule has 1 aromatic carbocycles. The highest BCUT2D eigenvalue weighted by Crippen LogP contribution is 2.39. The van der Waals surface area contributed by atoms with E-state index in [9.17, 15) is 4.79 Å². The quantitative estimate of drug-likeness (QED) is 0.653. The number of carbonyl (C=O) groups is 1. The Kier molecular flexibility index (Phi) is 7.09. The summed E-state index contributed by atoms with van der Waals surface area (Å²) in [4.78, 5) is 14.0. The molecule has 0 radical (unpaired) electrons. The summed E-state index contributed by atoms with van der Waals surface area (Å²) in [6.45, 7) is 9.93. The van der Waals surface area contributed by atoms with Gasteiger partial charge in [-0.25, -0.2) is 0 Å². The van der Waals surface area contributed by atoms with Gasteiger partial charge >= 0.3 is 0 Å². The second kappa shape index (κ2) is 9.99. The minimum Gasteiger partial charge on any atom is -0.421 e. The van der Waals surface area contributed by atoms with E-state index in [2.05, 4.69) is 41.9 Å². The molecule has 1 aliphatic heterocycles. The van der Waals surface area contributed by atoms with Gasteiger partial charge in [-0.15, -0.1) is 10.2 Å². The molecule has 2 aliphatic rings. The molecule has 2 N–H and O–H groups in total. The first-order valence-electron chi connectivity index (χ1n) is 12.0. The maximum absolute atomic E-state index is 11.5. The minimum atomic E-state index is -0.141. The second-order valence-electron chi connectivity index (χ2n) is 9.96. The Labute approximate surface area is 191 Å². The van der Waals surface area contributed by atoms with Crippen LogP contribution in [0.3, 0.4) is 0 Å². The van der Waals surface area contributed by atoms with Gasteiger partial charge in [-0.1, -0.05) is 43.7 Å². The first-order chi connectivity index (χ1) is 15.4. The van der Waals surface area contributed by atoms with Gasteiger partial charge in [-0.2, -0.15) is 0 Å². The Balaban J connectivity index is 1.41. The zero-order valence-electron chi connectivity index (χ0n) is 19.5. The van der Waals surface area contributed by atoms with Crippen molar-refractivity contribution in [2.45, 2.75) is 46.5 Å². The molecular formula is C26H36N4O2. The summed E-state index contributed by atoms with van der Waals surface area (Å²) in [7, 11) is 0. The zero-order chi connectivity index (χ0) is 22.7. The van der Waals surface area contributed by atoms with Crippen molar-refractivity contribution in [3.63, 3.8) is 0 Å². The number of carbonyl (C=O) groups excluding carboxylic acids is 1. The normalized spacial score (nSPS) is 25.1. The SMILES string of the molecule is CC1=CC(CN2CCC(C(N)=O)CC2)C(C(C)C)CC1Cc1nnc(-c2ccccc2)o1. The van der Waals surface area contributed by atoms with Gasteiger partial charge in [-0.3, -0.25) is 4.79 Å². The van der Waals surface area contributed by atoms with Crippen molar-refractivity contribution in [1.29, 1.82) is 0 Å². The maximum Gasteiger partial charge on any atom is 0.247 e. The Morgan fingerprint density at radius 2 is 1.91 bits per heavy atom. The van der Waals surface area contributed by atoms with Crippen LogP contribution in [0.1, 0.15) is 45.9 Å². The van der Waals surface area contributed by atoms with E-state index in [1.54, 1.807) is 0 Å². The summed E-state index contributed by atoms with van der Waals surface area (Å²) in [6.07, 6.45) is 6.21. The Bertz CT molecular complexity index is 928. The summed E-state index contributed by atoms with van der Waals surface area (Å²) >= 11 is 0. The highest BCUT2D eigenvalue weighted by molar-refractivity contribution is 5.76. The van der Waals surface area contributed by atoms with Crippen LogP contribution < -0.4 is 5.73 Å². The molecule has 3 unspecified atom stereocenters. The molecule has 32 heavy (non-hydrogen) atoms. The molecule has 172 valence electrons. The number of nitrogens with zero attached hydrogens (tertiary/aromatic N) is 3. The highest BCUT2D eigenvalue weighted by atomic mass is 16.4. The van der Waals surface area contributed by atoms with E-state index < -0.39 is 0 Å². The summed E-state index contributed by atoms with van der Waals surface area (Å²) in [5.41, 5.74) is 7.90. The van der Waals surface area contributed by atoms with Gasteiger partial charge in [0.2, 0.25) is 17.7 Å². The third-order valence-electron chi connectivity index (χ3n) is 7.45. The molecule has 4 rings (SSSR count). The lowest BCUT2D eigenvalue weighted by atomic mass is 9.69. The van der Waals surface area contributed by atoms with E-state index in [0.717, 1.165) is 56.8 Å². The van der Waals surface area contributed by atoms with Gasteiger partial charge in [0.15, 0.2) is 0 Å². The molecule has 1 aliphatic carbocycles. The van der Waals surface area contributed by atoms with Crippen LogP contribution in [0.4, 0.5) is 0 Å². The van der Waals surface area contributed by atoms with Crippen LogP contribution in [-0.4, -0.2) is 40.6 Å². The predicted octanol–water partition coefficient (Wildman–Crippen LogP) is 4.33. The number of piperidine rings is 1. The fourth-order valence-electron chi connectivity index (χ4n) is 5.43. The van der Waals surface area contributed by atoms with Crippen molar-refractivity contribution >= 4 is 5.91 Å².